The monoisotopic (exact) mass is 328 g/mol. The summed E-state index contributed by atoms with van der Waals surface area (Å²) in [6.45, 7) is 3.85. The summed E-state index contributed by atoms with van der Waals surface area (Å²) >= 11 is 13.5. The molecule has 0 radical (unpaired) electrons. The topological polar surface area (TPSA) is 48.1 Å². The standard InChI is InChI=1S/C14H14Cl2N2OS/c1-8(2)19-14-11(17)5-6-13(18-14)20-12-7-9(15)3-4-10(12)16/h3-8H,17H2,1-2H3. The molecule has 0 saturated heterocycles. The van der Waals surface area contributed by atoms with Crippen molar-refractivity contribution >= 4 is 40.7 Å². The number of ether oxygens (including phenoxy) is 1. The lowest BCUT2D eigenvalue weighted by molar-refractivity contribution is 0.232. The molecule has 0 spiro atoms. The molecule has 20 heavy (non-hydrogen) atoms. The van der Waals surface area contributed by atoms with Crippen LogP contribution in [-0.2, 0) is 0 Å². The van der Waals surface area contributed by atoms with Crippen LogP contribution in [0.2, 0.25) is 10.0 Å². The molecule has 0 aliphatic rings. The van der Waals surface area contributed by atoms with Gasteiger partial charge in [-0.1, -0.05) is 35.0 Å². The summed E-state index contributed by atoms with van der Waals surface area (Å²) in [6.07, 6.45) is 0.0137. The third-order valence-electron chi connectivity index (χ3n) is 2.32. The van der Waals surface area contributed by atoms with E-state index in [0.717, 1.165) is 9.92 Å². The molecule has 0 amide bonds. The van der Waals surface area contributed by atoms with Crippen LogP contribution in [0.5, 0.6) is 5.88 Å². The summed E-state index contributed by atoms with van der Waals surface area (Å²) in [5, 5.41) is 2.01. The quantitative estimate of drug-likeness (QED) is 0.866. The van der Waals surface area contributed by atoms with Crippen LogP contribution in [0.4, 0.5) is 5.69 Å². The Kier molecular flexibility index (Phi) is 5.02. The second-order valence-corrected chi connectivity index (χ2v) is 6.29. The zero-order valence-corrected chi connectivity index (χ0v) is 13.4. The smallest absolute Gasteiger partial charge is 0.238 e. The molecule has 106 valence electrons. The maximum Gasteiger partial charge on any atom is 0.238 e. The Labute approximate surface area is 132 Å². The zero-order valence-electron chi connectivity index (χ0n) is 11.1. The number of nitrogens with two attached hydrogens (primary N) is 1. The maximum absolute atomic E-state index is 6.14. The van der Waals surface area contributed by atoms with Crippen LogP contribution in [0, 0.1) is 0 Å². The molecule has 1 aromatic carbocycles. The maximum atomic E-state index is 6.14. The average Bonchev–Trinajstić information content (AvgIpc) is 2.37. The van der Waals surface area contributed by atoms with E-state index in [2.05, 4.69) is 4.98 Å². The molecule has 0 fully saturated rings. The number of halogens is 2. The molecule has 0 saturated carbocycles. The van der Waals surface area contributed by atoms with Crippen LogP contribution in [0.25, 0.3) is 0 Å². The first-order valence-electron chi connectivity index (χ1n) is 6.02. The van der Waals surface area contributed by atoms with Crippen molar-refractivity contribution in [2.24, 2.45) is 0 Å². The molecular formula is C14H14Cl2N2OS. The van der Waals surface area contributed by atoms with E-state index in [1.807, 2.05) is 19.9 Å². The van der Waals surface area contributed by atoms with Gasteiger partial charge in [0.2, 0.25) is 5.88 Å². The molecule has 3 nitrogen and oxygen atoms in total. The van der Waals surface area contributed by atoms with Gasteiger partial charge in [0.15, 0.2) is 0 Å². The lowest BCUT2D eigenvalue weighted by Gasteiger charge is -2.12. The first kappa shape index (κ1) is 15.3. The summed E-state index contributed by atoms with van der Waals surface area (Å²) in [4.78, 5) is 5.23. The second kappa shape index (κ2) is 6.57. The SMILES string of the molecule is CC(C)Oc1nc(Sc2cc(Cl)ccc2Cl)ccc1N. The van der Waals surface area contributed by atoms with E-state index >= 15 is 0 Å². The van der Waals surface area contributed by atoms with Gasteiger partial charge in [0.25, 0.3) is 0 Å². The molecule has 2 aromatic rings. The van der Waals surface area contributed by atoms with Gasteiger partial charge in [-0.2, -0.15) is 0 Å². The Morgan fingerprint density at radius 2 is 1.95 bits per heavy atom. The number of hydrogen-bond acceptors (Lipinski definition) is 4. The van der Waals surface area contributed by atoms with Crippen molar-refractivity contribution in [2.75, 3.05) is 5.73 Å². The Bertz CT molecular complexity index is 620. The van der Waals surface area contributed by atoms with Crippen LogP contribution >= 0.6 is 35.0 Å². The fourth-order valence-corrected chi connectivity index (χ4v) is 2.79. The predicted octanol–water partition coefficient (Wildman–Crippen LogP) is 4.91. The van der Waals surface area contributed by atoms with Crippen molar-refractivity contribution in [3.63, 3.8) is 0 Å². The van der Waals surface area contributed by atoms with Gasteiger partial charge in [-0.05, 0) is 44.2 Å². The molecule has 2 N–H and O–H groups in total. The first-order valence-corrected chi connectivity index (χ1v) is 7.59. The van der Waals surface area contributed by atoms with E-state index in [4.69, 9.17) is 33.7 Å². The number of nitrogen functional groups attached to an aromatic ring is 1. The van der Waals surface area contributed by atoms with Crippen LogP contribution in [0.3, 0.4) is 0 Å². The summed E-state index contributed by atoms with van der Waals surface area (Å²) in [5.74, 6) is 0.433. The molecule has 0 bridgehead atoms. The lowest BCUT2D eigenvalue weighted by atomic mass is 10.4. The largest absolute Gasteiger partial charge is 0.473 e. The molecule has 6 heteroatoms. The van der Waals surface area contributed by atoms with Crippen molar-refractivity contribution in [3.8, 4) is 5.88 Å². The summed E-state index contributed by atoms with van der Waals surface area (Å²) < 4.78 is 5.57. The van der Waals surface area contributed by atoms with E-state index in [9.17, 15) is 0 Å². The van der Waals surface area contributed by atoms with Gasteiger partial charge in [0.05, 0.1) is 16.8 Å². The van der Waals surface area contributed by atoms with E-state index in [1.54, 1.807) is 24.3 Å². The number of hydrogen-bond donors (Lipinski definition) is 1. The number of pyridine rings is 1. The molecule has 0 unspecified atom stereocenters. The summed E-state index contributed by atoms with van der Waals surface area (Å²) in [5.41, 5.74) is 6.36. The van der Waals surface area contributed by atoms with Crippen molar-refractivity contribution < 1.29 is 4.74 Å². The summed E-state index contributed by atoms with van der Waals surface area (Å²) in [7, 11) is 0. The fraction of sp³-hybridized carbons (Fsp3) is 0.214. The molecule has 1 aromatic heterocycles. The van der Waals surface area contributed by atoms with Crippen LogP contribution in [0.15, 0.2) is 40.3 Å². The Balaban J connectivity index is 2.27. The molecule has 1 heterocycles. The molecular weight excluding hydrogens is 315 g/mol. The van der Waals surface area contributed by atoms with Gasteiger partial charge in [0, 0.05) is 9.92 Å². The highest BCUT2D eigenvalue weighted by atomic mass is 35.5. The van der Waals surface area contributed by atoms with Crippen molar-refractivity contribution in [1.29, 1.82) is 0 Å². The van der Waals surface area contributed by atoms with Crippen LogP contribution < -0.4 is 10.5 Å². The van der Waals surface area contributed by atoms with Crippen LogP contribution in [-0.4, -0.2) is 11.1 Å². The Morgan fingerprint density at radius 3 is 2.65 bits per heavy atom. The Morgan fingerprint density at radius 1 is 1.20 bits per heavy atom. The minimum atomic E-state index is 0.0137. The van der Waals surface area contributed by atoms with E-state index in [0.29, 0.717) is 21.6 Å². The van der Waals surface area contributed by atoms with E-state index in [1.165, 1.54) is 11.8 Å². The third kappa shape index (κ3) is 3.95. The van der Waals surface area contributed by atoms with Gasteiger partial charge in [0.1, 0.15) is 5.03 Å². The van der Waals surface area contributed by atoms with Gasteiger partial charge < -0.3 is 10.5 Å². The molecule has 0 aliphatic heterocycles. The average molecular weight is 329 g/mol. The number of benzene rings is 1. The van der Waals surface area contributed by atoms with Gasteiger partial charge >= 0.3 is 0 Å². The number of nitrogens with zero attached hydrogens (tertiary/aromatic N) is 1. The zero-order chi connectivity index (χ0) is 14.7. The number of rotatable bonds is 4. The highest BCUT2D eigenvalue weighted by Crippen LogP contribution is 2.35. The van der Waals surface area contributed by atoms with Crippen molar-refractivity contribution in [2.45, 2.75) is 29.9 Å². The highest BCUT2D eigenvalue weighted by molar-refractivity contribution is 7.99. The molecule has 0 atom stereocenters. The first-order chi connectivity index (χ1) is 9.45. The number of anilines is 1. The van der Waals surface area contributed by atoms with Gasteiger partial charge in [-0.3, -0.25) is 0 Å². The van der Waals surface area contributed by atoms with Crippen molar-refractivity contribution in [3.05, 3.63) is 40.4 Å². The minimum Gasteiger partial charge on any atom is -0.473 e. The van der Waals surface area contributed by atoms with Crippen molar-refractivity contribution in [1.82, 2.24) is 4.98 Å². The third-order valence-corrected chi connectivity index (χ3v) is 3.99. The van der Waals surface area contributed by atoms with Gasteiger partial charge in [-0.25, -0.2) is 4.98 Å². The normalized spacial score (nSPS) is 10.8. The minimum absolute atomic E-state index is 0.0137. The van der Waals surface area contributed by atoms with Crippen LogP contribution in [0.1, 0.15) is 13.8 Å². The Hall–Kier alpha value is -1.10. The molecule has 0 aliphatic carbocycles. The molecule has 2 rings (SSSR count). The fourth-order valence-electron chi connectivity index (χ4n) is 1.48. The van der Waals surface area contributed by atoms with Gasteiger partial charge in [-0.15, -0.1) is 0 Å². The van der Waals surface area contributed by atoms with E-state index in [-0.39, 0.29) is 6.10 Å². The predicted molar refractivity (Wildman–Crippen MR) is 85.0 cm³/mol. The highest BCUT2D eigenvalue weighted by Gasteiger charge is 2.09. The summed E-state index contributed by atoms with van der Waals surface area (Å²) in [6, 6.07) is 8.90. The lowest BCUT2D eigenvalue weighted by Crippen LogP contribution is -2.09. The number of aromatic nitrogens is 1. The van der Waals surface area contributed by atoms with E-state index < -0.39 is 0 Å². The second-order valence-electron chi connectivity index (χ2n) is 4.39.